The summed E-state index contributed by atoms with van der Waals surface area (Å²) in [5, 5.41) is 7.59. The van der Waals surface area contributed by atoms with Crippen molar-refractivity contribution in [2.45, 2.75) is 26.2 Å². The van der Waals surface area contributed by atoms with Crippen LogP contribution in [0.3, 0.4) is 0 Å². The van der Waals surface area contributed by atoms with Crippen LogP contribution in [0.5, 0.6) is 11.6 Å². The van der Waals surface area contributed by atoms with Crippen LogP contribution in [-0.4, -0.2) is 10.8 Å². The predicted octanol–water partition coefficient (Wildman–Crippen LogP) is 2.96. The van der Waals surface area contributed by atoms with Gasteiger partial charge in [0.1, 0.15) is 11.6 Å². The molecule has 0 unspecified atom stereocenters. The lowest BCUT2D eigenvalue weighted by Gasteiger charge is -2.11. The van der Waals surface area contributed by atoms with Crippen LogP contribution < -0.4 is 10.5 Å². The van der Waals surface area contributed by atoms with E-state index in [0.29, 0.717) is 11.4 Å². The lowest BCUT2D eigenvalue weighted by Crippen LogP contribution is -2.13. The largest absolute Gasteiger partial charge is 0.438 e. The van der Waals surface area contributed by atoms with Crippen LogP contribution >= 0.6 is 0 Å². The molecule has 4 nitrogen and oxygen atoms in total. The molecule has 2 aromatic rings. The number of ether oxygens (including phenoxy) is 1. The number of nitrogens with one attached hydrogen (secondary N) is 1. The number of amidine groups is 1. The van der Waals surface area contributed by atoms with Crippen molar-refractivity contribution in [2.24, 2.45) is 5.73 Å². The van der Waals surface area contributed by atoms with Crippen LogP contribution in [0.4, 0.5) is 0 Å². The van der Waals surface area contributed by atoms with Crippen molar-refractivity contribution in [3.05, 3.63) is 52.7 Å². The summed E-state index contributed by atoms with van der Waals surface area (Å²) in [5.41, 5.74) is 9.69. The molecule has 0 amide bonds. The van der Waals surface area contributed by atoms with Gasteiger partial charge in [-0.3, -0.25) is 5.41 Å². The standard InChI is InChI=1S/C16H17N3O/c1-10-5-8-14(15(17)18)16(19-10)20-13-7-6-11-3-2-4-12(11)9-13/h5-9H,2-4H2,1H3,(H3,17,18). The number of aromatic nitrogens is 1. The molecule has 0 saturated heterocycles. The Hall–Kier alpha value is -2.36. The lowest BCUT2D eigenvalue weighted by molar-refractivity contribution is 0.460. The minimum Gasteiger partial charge on any atom is -0.438 e. The fourth-order valence-electron chi connectivity index (χ4n) is 2.54. The normalized spacial score (nSPS) is 13.1. The summed E-state index contributed by atoms with van der Waals surface area (Å²) in [5.74, 6) is 1.12. The number of benzene rings is 1. The van der Waals surface area contributed by atoms with Crippen LogP contribution in [0, 0.1) is 12.3 Å². The van der Waals surface area contributed by atoms with Crippen molar-refractivity contribution in [3.63, 3.8) is 0 Å². The number of hydrogen-bond donors (Lipinski definition) is 2. The molecule has 1 aromatic heterocycles. The van der Waals surface area contributed by atoms with Crippen molar-refractivity contribution in [1.29, 1.82) is 5.41 Å². The van der Waals surface area contributed by atoms with E-state index in [-0.39, 0.29) is 5.84 Å². The molecule has 20 heavy (non-hydrogen) atoms. The Balaban J connectivity index is 1.95. The van der Waals surface area contributed by atoms with Crippen molar-refractivity contribution < 1.29 is 4.74 Å². The quantitative estimate of drug-likeness (QED) is 0.663. The molecule has 0 bridgehead atoms. The Bertz CT molecular complexity index is 679. The highest BCUT2D eigenvalue weighted by Gasteiger charge is 2.14. The first-order valence-electron chi connectivity index (χ1n) is 6.75. The van der Waals surface area contributed by atoms with Gasteiger partial charge in [-0.25, -0.2) is 4.98 Å². The highest BCUT2D eigenvalue weighted by molar-refractivity contribution is 5.97. The fraction of sp³-hybridized carbons (Fsp3) is 0.250. The van der Waals surface area contributed by atoms with Crippen LogP contribution in [0.15, 0.2) is 30.3 Å². The first kappa shape index (κ1) is 12.7. The summed E-state index contributed by atoms with van der Waals surface area (Å²) >= 11 is 0. The van der Waals surface area contributed by atoms with E-state index in [9.17, 15) is 0 Å². The summed E-state index contributed by atoms with van der Waals surface area (Å²) in [6, 6.07) is 9.73. The molecule has 0 fully saturated rings. The van der Waals surface area contributed by atoms with Gasteiger partial charge in [0, 0.05) is 5.69 Å². The summed E-state index contributed by atoms with van der Waals surface area (Å²) in [7, 11) is 0. The number of nitrogen functional groups attached to an aromatic ring is 1. The number of nitrogens with two attached hydrogens (primary N) is 1. The van der Waals surface area contributed by atoms with E-state index >= 15 is 0 Å². The molecule has 1 aromatic carbocycles. The SMILES string of the molecule is Cc1ccc(C(=N)N)c(Oc2ccc3c(c2)CCC3)n1. The molecule has 1 aliphatic rings. The van der Waals surface area contributed by atoms with E-state index in [2.05, 4.69) is 17.1 Å². The van der Waals surface area contributed by atoms with E-state index in [0.717, 1.165) is 24.3 Å². The molecule has 0 spiro atoms. The predicted molar refractivity (Wildman–Crippen MR) is 78.5 cm³/mol. The van der Waals surface area contributed by atoms with E-state index < -0.39 is 0 Å². The maximum Gasteiger partial charge on any atom is 0.230 e. The topological polar surface area (TPSA) is 72.0 Å². The highest BCUT2D eigenvalue weighted by Crippen LogP contribution is 2.29. The summed E-state index contributed by atoms with van der Waals surface area (Å²) in [6.45, 7) is 1.89. The molecule has 102 valence electrons. The van der Waals surface area contributed by atoms with Crippen molar-refractivity contribution in [3.8, 4) is 11.6 Å². The van der Waals surface area contributed by atoms with Crippen molar-refractivity contribution in [2.75, 3.05) is 0 Å². The molecule has 0 aliphatic heterocycles. The zero-order valence-electron chi connectivity index (χ0n) is 11.4. The first-order valence-corrected chi connectivity index (χ1v) is 6.75. The van der Waals surface area contributed by atoms with Gasteiger partial charge in [-0.2, -0.15) is 0 Å². The van der Waals surface area contributed by atoms with E-state index in [4.69, 9.17) is 15.9 Å². The number of rotatable bonds is 3. The van der Waals surface area contributed by atoms with Crippen LogP contribution in [0.1, 0.15) is 28.8 Å². The molecule has 3 rings (SSSR count). The van der Waals surface area contributed by atoms with Crippen LogP contribution in [0.2, 0.25) is 0 Å². The lowest BCUT2D eigenvalue weighted by atomic mass is 10.1. The number of nitrogens with zero attached hydrogens (tertiary/aromatic N) is 1. The fourth-order valence-corrected chi connectivity index (χ4v) is 2.54. The second kappa shape index (κ2) is 4.96. The molecule has 4 heteroatoms. The van der Waals surface area contributed by atoms with Crippen LogP contribution in [-0.2, 0) is 12.8 Å². The zero-order valence-corrected chi connectivity index (χ0v) is 11.4. The zero-order chi connectivity index (χ0) is 14.1. The third-order valence-electron chi connectivity index (χ3n) is 3.57. The van der Waals surface area contributed by atoms with Gasteiger partial charge >= 0.3 is 0 Å². The molecule has 0 atom stereocenters. The van der Waals surface area contributed by atoms with Gasteiger partial charge in [0.2, 0.25) is 5.88 Å². The van der Waals surface area contributed by atoms with Gasteiger partial charge in [-0.05, 0) is 61.6 Å². The van der Waals surface area contributed by atoms with E-state index in [1.807, 2.05) is 19.1 Å². The first-order chi connectivity index (χ1) is 9.63. The average Bonchev–Trinajstić information content (AvgIpc) is 2.85. The van der Waals surface area contributed by atoms with E-state index in [1.165, 1.54) is 17.5 Å². The van der Waals surface area contributed by atoms with Crippen molar-refractivity contribution >= 4 is 5.84 Å². The maximum absolute atomic E-state index is 7.59. The Kier molecular flexibility index (Phi) is 3.14. The molecule has 1 aliphatic carbocycles. The molecular formula is C16H17N3O. The highest BCUT2D eigenvalue weighted by atomic mass is 16.5. The van der Waals surface area contributed by atoms with Gasteiger partial charge in [0.25, 0.3) is 0 Å². The number of hydrogen-bond acceptors (Lipinski definition) is 3. The maximum atomic E-state index is 7.59. The summed E-state index contributed by atoms with van der Waals surface area (Å²) < 4.78 is 5.84. The van der Waals surface area contributed by atoms with Crippen LogP contribution in [0.25, 0.3) is 0 Å². The van der Waals surface area contributed by atoms with E-state index in [1.54, 1.807) is 6.07 Å². The summed E-state index contributed by atoms with van der Waals surface area (Å²) in [4.78, 5) is 4.34. The Labute approximate surface area is 118 Å². The molecular weight excluding hydrogens is 250 g/mol. The number of pyridine rings is 1. The molecule has 0 saturated carbocycles. The second-order valence-corrected chi connectivity index (χ2v) is 5.11. The molecule has 1 heterocycles. The minimum absolute atomic E-state index is 0.0336. The monoisotopic (exact) mass is 267 g/mol. The van der Waals surface area contributed by atoms with Gasteiger partial charge in [0.05, 0.1) is 5.56 Å². The van der Waals surface area contributed by atoms with Gasteiger partial charge < -0.3 is 10.5 Å². The Morgan fingerprint density at radius 3 is 2.80 bits per heavy atom. The minimum atomic E-state index is -0.0336. The molecule has 3 N–H and O–H groups in total. The van der Waals surface area contributed by atoms with Gasteiger partial charge in [-0.15, -0.1) is 0 Å². The Morgan fingerprint density at radius 2 is 2.00 bits per heavy atom. The summed E-state index contributed by atoms with van der Waals surface area (Å²) in [6.07, 6.45) is 3.46. The third kappa shape index (κ3) is 2.37. The molecule has 0 radical (unpaired) electrons. The average molecular weight is 267 g/mol. The van der Waals surface area contributed by atoms with Gasteiger partial charge in [0.15, 0.2) is 0 Å². The second-order valence-electron chi connectivity index (χ2n) is 5.11. The number of aryl methyl sites for hydroxylation is 3. The third-order valence-corrected chi connectivity index (χ3v) is 3.57. The van der Waals surface area contributed by atoms with Crippen molar-refractivity contribution in [1.82, 2.24) is 4.98 Å². The van der Waals surface area contributed by atoms with Gasteiger partial charge in [-0.1, -0.05) is 6.07 Å². The number of fused-ring (bicyclic) bond motifs is 1. The smallest absolute Gasteiger partial charge is 0.230 e. The Morgan fingerprint density at radius 1 is 1.20 bits per heavy atom.